The molecule has 2 fully saturated rings. The lowest BCUT2D eigenvalue weighted by molar-refractivity contribution is -0.169. The van der Waals surface area contributed by atoms with Crippen LogP contribution < -0.4 is 0 Å². The van der Waals surface area contributed by atoms with Gasteiger partial charge in [-0.25, -0.2) is 0 Å². The Balaban J connectivity index is 2.63. The first-order valence-corrected chi connectivity index (χ1v) is 10.7. The van der Waals surface area contributed by atoms with Crippen LogP contribution in [-0.2, 0) is 0 Å². The van der Waals surface area contributed by atoms with Crippen LogP contribution in [0.25, 0.3) is 0 Å². The summed E-state index contributed by atoms with van der Waals surface area (Å²) in [5.74, 6) is 8.54. The minimum Gasteiger partial charge on any atom is -0.0620 e. The molecule has 0 aliphatic heterocycles. The number of hydrogen-bond acceptors (Lipinski definition) is 0. The van der Waals surface area contributed by atoms with Gasteiger partial charge in [-0.05, 0) is 70.0 Å². The van der Waals surface area contributed by atoms with E-state index in [0.717, 1.165) is 59.2 Å². The van der Waals surface area contributed by atoms with Gasteiger partial charge in [-0.2, -0.15) is 0 Å². The molecule has 8 atom stereocenters. The normalized spacial score (nSPS) is 50.5. The van der Waals surface area contributed by atoms with Crippen molar-refractivity contribution in [3.8, 4) is 0 Å². The van der Waals surface area contributed by atoms with Gasteiger partial charge in [0.2, 0.25) is 0 Å². The second-order valence-corrected chi connectivity index (χ2v) is 12.1. The smallest absolute Gasteiger partial charge is 0.0303 e. The van der Waals surface area contributed by atoms with Gasteiger partial charge >= 0.3 is 0 Å². The van der Waals surface area contributed by atoms with Crippen LogP contribution in [0.4, 0.5) is 0 Å². The van der Waals surface area contributed by atoms with Crippen LogP contribution in [-0.4, -0.2) is 0 Å². The molecule has 142 valence electrons. The molecule has 8 unspecified atom stereocenters. The van der Waals surface area contributed by atoms with E-state index in [1.165, 1.54) is 0 Å². The lowest BCUT2D eigenvalue weighted by Crippen LogP contribution is -2.60. The Hall–Kier alpha value is 0. The third-order valence-corrected chi connectivity index (χ3v) is 8.94. The predicted molar refractivity (Wildman–Crippen MR) is 108 cm³/mol. The van der Waals surface area contributed by atoms with E-state index in [0.29, 0.717) is 10.8 Å². The van der Waals surface area contributed by atoms with Gasteiger partial charge in [0.15, 0.2) is 0 Å². The van der Waals surface area contributed by atoms with Gasteiger partial charge in [0.05, 0.1) is 0 Å². The molecule has 2 aliphatic carbocycles. The molecule has 2 aliphatic rings. The maximum absolute atomic E-state index is 2.58. The molecule has 2 saturated carbocycles. The van der Waals surface area contributed by atoms with E-state index in [2.05, 4.69) is 83.1 Å². The summed E-state index contributed by atoms with van der Waals surface area (Å²) < 4.78 is 0. The average Bonchev–Trinajstić information content (AvgIpc) is 2.39. The maximum Gasteiger partial charge on any atom is -0.0303 e. The zero-order chi connectivity index (χ0) is 18.8. The highest BCUT2D eigenvalue weighted by molar-refractivity contribution is 5.06. The Morgan fingerprint density at radius 3 is 0.917 bits per heavy atom. The van der Waals surface area contributed by atoms with Crippen LogP contribution in [0.5, 0.6) is 0 Å². The van der Waals surface area contributed by atoms with Crippen molar-refractivity contribution >= 4 is 0 Å². The summed E-state index contributed by atoms with van der Waals surface area (Å²) in [6, 6.07) is 0. The number of hydrogen-bond donors (Lipinski definition) is 0. The molecule has 0 spiro atoms. The lowest BCUT2D eigenvalue weighted by atomic mass is 9.40. The second kappa shape index (κ2) is 6.31. The first kappa shape index (κ1) is 20.3. The topological polar surface area (TPSA) is 0 Å². The van der Waals surface area contributed by atoms with Crippen LogP contribution >= 0.6 is 0 Å². The van der Waals surface area contributed by atoms with Crippen LogP contribution in [0.3, 0.4) is 0 Å². The quantitative estimate of drug-likeness (QED) is 0.433. The Morgan fingerprint density at radius 2 is 0.667 bits per heavy atom. The summed E-state index contributed by atoms with van der Waals surface area (Å²) in [7, 11) is 0. The van der Waals surface area contributed by atoms with Gasteiger partial charge in [0.25, 0.3) is 0 Å². The Morgan fingerprint density at radius 1 is 0.375 bits per heavy atom. The molecule has 0 radical (unpaired) electrons. The second-order valence-electron chi connectivity index (χ2n) is 12.1. The Labute approximate surface area is 153 Å². The van der Waals surface area contributed by atoms with Crippen molar-refractivity contribution in [1.82, 2.24) is 0 Å². The van der Waals surface area contributed by atoms with Crippen molar-refractivity contribution in [2.45, 2.75) is 83.1 Å². The summed E-state index contributed by atoms with van der Waals surface area (Å²) in [6.45, 7) is 30.5. The highest BCUT2D eigenvalue weighted by atomic mass is 14.6. The molecule has 0 aromatic rings. The minimum absolute atomic E-state index is 0.403. The van der Waals surface area contributed by atoms with E-state index in [9.17, 15) is 0 Å². The lowest BCUT2D eigenvalue weighted by Gasteiger charge is -2.64. The minimum atomic E-state index is 0.403. The van der Waals surface area contributed by atoms with E-state index < -0.39 is 0 Å². The largest absolute Gasteiger partial charge is 0.0620 e. The average molecular weight is 335 g/mol. The van der Waals surface area contributed by atoms with Gasteiger partial charge in [-0.1, -0.05) is 83.1 Å². The standard InChI is InChI=1S/C24H46/c1-13-15(3)19-16(4)14(2)18(6)22(24(10,11)12)20(19)21(17(13)5)23(7,8)9/h13-22H,1-12H3. The van der Waals surface area contributed by atoms with Crippen LogP contribution in [0.1, 0.15) is 83.1 Å². The van der Waals surface area contributed by atoms with E-state index in [-0.39, 0.29) is 0 Å². The molecule has 0 aromatic carbocycles. The van der Waals surface area contributed by atoms with Crippen molar-refractivity contribution in [3.05, 3.63) is 0 Å². The van der Waals surface area contributed by atoms with Gasteiger partial charge in [0.1, 0.15) is 0 Å². The van der Waals surface area contributed by atoms with Crippen molar-refractivity contribution in [2.24, 2.45) is 70.0 Å². The van der Waals surface area contributed by atoms with E-state index in [1.807, 2.05) is 0 Å². The van der Waals surface area contributed by atoms with E-state index >= 15 is 0 Å². The molecule has 0 heteroatoms. The molecular weight excluding hydrogens is 288 g/mol. The summed E-state index contributed by atoms with van der Waals surface area (Å²) in [4.78, 5) is 0. The summed E-state index contributed by atoms with van der Waals surface area (Å²) in [5.41, 5.74) is 0.806. The number of fused-ring (bicyclic) bond motifs is 1. The zero-order valence-electron chi connectivity index (χ0n) is 18.8. The Kier molecular flexibility index (Phi) is 5.34. The van der Waals surface area contributed by atoms with Crippen molar-refractivity contribution < 1.29 is 0 Å². The predicted octanol–water partition coefficient (Wildman–Crippen LogP) is 7.39. The molecule has 2 rings (SSSR count). The van der Waals surface area contributed by atoms with Gasteiger partial charge in [-0.3, -0.25) is 0 Å². The fourth-order valence-electron chi connectivity index (χ4n) is 7.63. The fraction of sp³-hybridized carbons (Fsp3) is 1.00. The summed E-state index contributed by atoms with van der Waals surface area (Å²) >= 11 is 0. The van der Waals surface area contributed by atoms with E-state index in [4.69, 9.17) is 0 Å². The first-order chi connectivity index (χ1) is 10.7. The molecule has 0 aromatic heterocycles. The summed E-state index contributed by atoms with van der Waals surface area (Å²) in [6.07, 6.45) is 0. The van der Waals surface area contributed by atoms with Crippen molar-refractivity contribution in [2.75, 3.05) is 0 Å². The number of rotatable bonds is 0. The van der Waals surface area contributed by atoms with Crippen LogP contribution in [0.15, 0.2) is 0 Å². The molecule has 0 heterocycles. The highest BCUT2D eigenvalue weighted by Crippen LogP contribution is 2.64. The van der Waals surface area contributed by atoms with Crippen molar-refractivity contribution in [1.29, 1.82) is 0 Å². The molecular formula is C24H46. The maximum atomic E-state index is 2.58. The summed E-state index contributed by atoms with van der Waals surface area (Å²) in [5, 5.41) is 0. The molecule has 0 amide bonds. The molecule has 24 heavy (non-hydrogen) atoms. The third kappa shape index (κ3) is 3.09. The van der Waals surface area contributed by atoms with Crippen LogP contribution in [0.2, 0.25) is 0 Å². The Bertz CT molecular complexity index is 394. The molecule has 0 N–H and O–H groups in total. The first-order valence-electron chi connectivity index (χ1n) is 10.7. The van der Waals surface area contributed by atoms with Gasteiger partial charge in [0, 0.05) is 0 Å². The third-order valence-electron chi connectivity index (χ3n) is 8.94. The van der Waals surface area contributed by atoms with Gasteiger partial charge < -0.3 is 0 Å². The molecule has 0 nitrogen and oxygen atoms in total. The SMILES string of the molecule is CC1C(C)C2C(C)C(C)C(C)C(C(C)(C)C)C2C(C(C)(C)C)C1C. The van der Waals surface area contributed by atoms with E-state index in [1.54, 1.807) is 0 Å². The van der Waals surface area contributed by atoms with Crippen LogP contribution in [0, 0.1) is 70.0 Å². The van der Waals surface area contributed by atoms with Crippen molar-refractivity contribution in [3.63, 3.8) is 0 Å². The monoisotopic (exact) mass is 334 g/mol. The molecule has 0 saturated heterocycles. The zero-order valence-corrected chi connectivity index (χ0v) is 18.8. The highest BCUT2D eigenvalue weighted by Gasteiger charge is 2.59. The molecule has 0 bridgehead atoms. The van der Waals surface area contributed by atoms with Gasteiger partial charge in [-0.15, -0.1) is 0 Å². The fourth-order valence-corrected chi connectivity index (χ4v) is 7.63.